The Morgan fingerprint density at radius 1 is 1.12 bits per heavy atom. The molecular weight excluding hydrogens is 230 g/mol. The molecule has 3 nitrogen and oxygen atoms in total. The maximum absolute atomic E-state index is 4.26. The summed E-state index contributed by atoms with van der Waals surface area (Å²) in [7, 11) is 0. The molecule has 17 heavy (non-hydrogen) atoms. The van der Waals surface area contributed by atoms with E-state index in [1.54, 1.807) is 18.0 Å². The Morgan fingerprint density at radius 3 is 2.88 bits per heavy atom. The van der Waals surface area contributed by atoms with Gasteiger partial charge in [-0.25, -0.2) is 4.98 Å². The number of nitrogens with zero attached hydrogens (tertiary/aromatic N) is 2. The zero-order valence-corrected chi connectivity index (χ0v) is 10.4. The van der Waals surface area contributed by atoms with Crippen molar-refractivity contribution >= 4 is 11.8 Å². The molecule has 88 valence electrons. The van der Waals surface area contributed by atoms with Gasteiger partial charge < -0.3 is 5.32 Å². The van der Waals surface area contributed by atoms with Crippen molar-refractivity contribution in [2.24, 2.45) is 0 Å². The lowest BCUT2D eigenvalue weighted by molar-refractivity contribution is 0.729. The lowest BCUT2D eigenvalue weighted by atomic mass is 10.3. The number of hydrogen-bond donors (Lipinski definition) is 1. The van der Waals surface area contributed by atoms with Crippen LogP contribution in [0, 0.1) is 0 Å². The zero-order valence-electron chi connectivity index (χ0n) is 9.54. The van der Waals surface area contributed by atoms with Gasteiger partial charge in [0.1, 0.15) is 0 Å². The average molecular weight is 245 g/mol. The fourth-order valence-electron chi connectivity index (χ4n) is 1.40. The minimum Gasteiger partial charge on any atom is -0.312 e. The van der Waals surface area contributed by atoms with E-state index in [1.165, 1.54) is 5.56 Å². The van der Waals surface area contributed by atoms with Gasteiger partial charge in [0.05, 0.1) is 5.03 Å². The lowest BCUT2D eigenvalue weighted by Gasteiger charge is -2.04. The number of nitrogens with one attached hydrogen (secondary N) is 1. The van der Waals surface area contributed by atoms with Crippen LogP contribution >= 0.6 is 11.8 Å². The predicted octanol–water partition coefficient (Wildman–Crippen LogP) is 2.36. The summed E-state index contributed by atoms with van der Waals surface area (Å²) in [6.07, 6.45) is 5.50. The van der Waals surface area contributed by atoms with Gasteiger partial charge in [0.25, 0.3) is 0 Å². The molecule has 0 unspecified atom stereocenters. The number of hydrogen-bond acceptors (Lipinski definition) is 4. The summed E-state index contributed by atoms with van der Waals surface area (Å²) in [6.45, 7) is 1.84. The molecule has 0 aliphatic rings. The van der Waals surface area contributed by atoms with E-state index >= 15 is 0 Å². The van der Waals surface area contributed by atoms with Crippen molar-refractivity contribution in [3.63, 3.8) is 0 Å². The first-order valence-corrected chi connectivity index (χ1v) is 6.57. The molecule has 2 aromatic rings. The molecule has 0 atom stereocenters. The summed E-state index contributed by atoms with van der Waals surface area (Å²) in [5, 5.41) is 4.46. The molecule has 0 fully saturated rings. The second-order valence-corrected chi connectivity index (χ2v) is 4.67. The van der Waals surface area contributed by atoms with E-state index in [9.17, 15) is 0 Å². The summed E-state index contributed by atoms with van der Waals surface area (Å²) in [4.78, 5) is 8.34. The molecule has 0 amide bonds. The predicted molar refractivity (Wildman–Crippen MR) is 70.9 cm³/mol. The fourth-order valence-corrected chi connectivity index (χ4v) is 2.16. The molecule has 0 radical (unpaired) electrons. The normalized spacial score (nSPS) is 10.4. The van der Waals surface area contributed by atoms with Crippen molar-refractivity contribution in [3.8, 4) is 0 Å². The Labute approximate surface area is 106 Å². The molecule has 0 aliphatic heterocycles. The van der Waals surface area contributed by atoms with Crippen molar-refractivity contribution in [1.29, 1.82) is 0 Å². The highest BCUT2D eigenvalue weighted by molar-refractivity contribution is 7.99. The van der Waals surface area contributed by atoms with Gasteiger partial charge in [-0.1, -0.05) is 12.1 Å². The standard InChI is InChI=1S/C13H15N3S/c1-2-7-16-13(5-1)17-9-8-15-11-12-4-3-6-14-10-12/h1-7,10,15H,8-9,11H2. The van der Waals surface area contributed by atoms with E-state index in [4.69, 9.17) is 0 Å². The van der Waals surface area contributed by atoms with Gasteiger partial charge >= 0.3 is 0 Å². The summed E-state index contributed by atoms with van der Waals surface area (Å²) in [5.74, 6) is 1.03. The van der Waals surface area contributed by atoms with Crippen LogP contribution in [0.4, 0.5) is 0 Å². The number of pyridine rings is 2. The molecule has 0 aliphatic carbocycles. The van der Waals surface area contributed by atoms with Crippen LogP contribution in [0.3, 0.4) is 0 Å². The maximum atomic E-state index is 4.26. The third-order valence-electron chi connectivity index (χ3n) is 2.22. The first-order chi connectivity index (χ1) is 8.45. The van der Waals surface area contributed by atoms with Crippen molar-refractivity contribution < 1.29 is 0 Å². The van der Waals surface area contributed by atoms with Gasteiger partial charge in [-0.05, 0) is 23.8 Å². The highest BCUT2D eigenvalue weighted by Gasteiger charge is 1.94. The van der Waals surface area contributed by atoms with Crippen LogP contribution in [0.1, 0.15) is 5.56 Å². The molecule has 0 saturated heterocycles. The molecular formula is C13H15N3S. The van der Waals surface area contributed by atoms with Crippen LogP contribution in [0.2, 0.25) is 0 Å². The number of rotatable bonds is 6. The first-order valence-electron chi connectivity index (χ1n) is 5.58. The molecule has 0 bridgehead atoms. The van der Waals surface area contributed by atoms with E-state index < -0.39 is 0 Å². The Kier molecular flexibility index (Phi) is 5.00. The van der Waals surface area contributed by atoms with Crippen molar-refractivity contribution in [2.45, 2.75) is 11.6 Å². The number of thioether (sulfide) groups is 1. The molecule has 2 aromatic heterocycles. The quantitative estimate of drug-likeness (QED) is 0.626. The molecule has 1 N–H and O–H groups in total. The third kappa shape index (κ3) is 4.54. The van der Waals surface area contributed by atoms with Gasteiger partial charge in [-0.3, -0.25) is 4.98 Å². The first kappa shape index (κ1) is 12.1. The maximum Gasteiger partial charge on any atom is 0.0960 e. The van der Waals surface area contributed by atoms with Crippen molar-refractivity contribution in [3.05, 3.63) is 54.5 Å². The van der Waals surface area contributed by atoms with E-state index in [1.807, 2.05) is 36.7 Å². The number of aromatic nitrogens is 2. The Balaban J connectivity index is 1.61. The van der Waals surface area contributed by atoms with Gasteiger partial charge in [0.2, 0.25) is 0 Å². The Bertz CT molecular complexity index is 378. The summed E-state index contributed by atoms with van der Waals surface area (Å²) in [5.41, 5.74) is 1.22. The Morgan fingerprint density at radius 2 is 2.12 bits per heavy atom. The third-order valence-corrected chi connectivity index (χ3v) is 3.16. The minimum absolute atomic E-state index is 0.872. The summed E-state index contributed by atoms with van der Waals surface area (Å²) < 4.78 is 0. The second kappa shape index (κ2) is 7.04. The Hall–Kier alpha value is -1.39. The average Bonchev–Trinajstić information content (AvgIpc) is 2.41. The van der Waals surface area contributed by atoms with Crippen LogP contribution in [0.15, 0.2) is 53.9 Å². The van der Waals surface area contributed by atoms with Crippen LogP contribution in [-0.4, -0.2) is 22.3 Å². The largest absolute Gasteiger partial charge is 0.312 e. The summed E-state index contributed by atoms with van der Waals surface area (Å²) >= 11 is 1.77. The van der Waals surface area contributed by atoms with Crippen LogP contribution < -0.4 is 5.32 Å². The molecule has 2 heterocycles. The monoisotopic (exact) mass is 245 g/mol. The van der Waals surface area contributed by atoms with Gasteiger partial charge in [-0.2, -0.15) is 0 Å². The van der Waals surface area contributed by atoms with Crippen LogP contribution in [-0.2, 0) is 6.54 Å². The van der Waals surface area contributed by atoms with Crippen LogP contribution in [0.5, 0.6) is 0 Å². The van der Waals surface area contributed by atoms with Crippen molar-refractivity contribution in [1.82, 2.24) is 15.3 Å². The van der Waals surface area contributed by atoms with Crippen LogP contribution in [0.25, 0.3) is 0 Å². The van der Waals surface area contributed by atoms with Crippen molar-refractivity contribution in [2.75, 3.05) is 12.3 Å². The second-order valence-electron chi connectivity index (χ2n) is 3.55. The highest BCUT2D eigenvalue weighted by atomic mass is 32.2. The van der Waals surface area contributed by atoms with Gasteiger partial charge in [0.15, 0.2) is 0 Å². The van der Waals surface area contributed by atoms with Gasteiger partial charge in [0, 0.05) is 37.4 Å². The van der Waals surface area contributed by atoms with E-state index in [2.05, 4.69) is 21.4 Å². The minimum atomic E-state index is 0.872. The molecule has 0 spiro atoms. The SMILES string of the molecule is c1ccc(SCCNCc2cccnc2)nc1. The molecule has 4 heteroatoms. The van der Waals surface area contributed by atoms with E-state index in [-0.39, 0.29) is 0 Å². The summed E-state index contributed by atoms with van der Waals surface area (Å²) in [6, 6.07) is 10.0. The fraction of sp³-hybridized carbons (Fsp3) is 0.231. The van der Waals surface area contributed by atoms with E-state index in [0.29, 0.717) is 0 Å². The lowest BCUT2D eigenvalue weighted by Crippen LogP contribution is -2.16. The molecule has 0 saturated carbocycles. The highest BCUT2D eigenvalue weighted by Crippen LogP contribution is 2.12. The zero-order chi connectivity index (χ0) is 11.8. The van der Waals surface area contributed by atoms with Gasteiger partial charge in [-0.15, -0.1) is 11.8 Å². The topological polar surface area (TPSA) is 37.8 Å². The smallest absolute Gasteiger partial charge is 0.0960 e. The molecule has 0 aromatic carbocycles. The van der Waals surface area contributed by atoms with E-state index in [0.717, 1.165) is 23.9 Å². The molecule has 2 rings (SSSR count).